The first-order chi connectivity index (χ1) is 7.52. The number of aromatic amines is 1. The first-order valence-electron chi connectivity index (χ1n) is 5.59. The Balaban J connectivity index is 0.00000256. The molecule has 17 heavy (non-hydrogen) atoms. The summed E-state index contributed by atoms with van der Waals surface area (Å²) in [7, 11) is 0. The maximum Gasteiger partial charge on any atom is 0.254 e. The fourth-order valence-corrected chi connectivity index (χ4v) is 1.43. The average molecular weight is 261 g/mol. The van der Waals surface area contributed by atoms with Crippen molar-refractivity contribution in [3.8, 4) is 0 Å². The van der Waals surface area contributed by atoms with Gasteiger partial charge in [0.1, 0.15) is 0 Å². The molecule has 0 saturated carbocycles. The smallest absolute Gasteiger partial charge is 0.254 e. The Hall–Kier alpha value is -1.07. The van der Waals surface area contributed by atoms with Crippen LogP contribution >= 0.6 is 12.4 Å². The molecular weight excluding hydrogens is 240 g/mol. The molecule has 0 spiro atoms. The highest BCUT2D eigenvalue weighted by molar-refractivity contribution is 5.94. The van der Waals surface area contributed by atoms with Gasteiger partial charge in [-0.3, -0.25) is 9.89 Å². The molecule has 4 N–H and O–H groups in total. The SMILES string of the molecule is CCC(N)(CC)CNC(=O)c1cn[nH]c1C.Cl. The second kappa shape index (κ2) is 6.61. The van der Waals surface area contributed by atoms with Crippen LogP contribution in [0.3, 0.4) is 0 Å². The number of hydrogen-bond donors (Lipinski definition) is 3. The lowest BCUT2D eigenvalue weighted by molar-refractivity contribution is 0.0941. The molecule has 0 fully saturated rings. The molecule has 98 valence electrons. The molecule has 0 saturated heterocycles. The highest BCUT2D eigenvalue weighted by Crippen LogP contribution is 2.10. The van der Waals surface area contributed by atoms with E-state index < -0.39 is 0 Å². The Morgan fingerprint density at radius 1 is 1.53 bits per heavy atom. The molecule has 1 aromatic rings. The Bertz CT molecular complexity index is 360. The van der Waals surface area contributed by atoms with Gasteiger partial charge in [0.05, 0.1) is 11.8 Å². The summed E-state index contributed by atoms with van der Waals surface area (Å²) in [5, 5.41) is 9.39. The zero-order chi connectivity index (χ0) is 12.2. The van der Waals surface area contributed by atoms with E-state index in [-0.39, 0.29) is 23.9 Å². The van der Waals surface area contributed by atoms with Crippen molar-refractivity contribution < 1.29 is 4.79 Å². The Kier molecular flexibility index (Phi) is 6.20. The van der Waals surface area contributed by atoms with Crippen molar-refractivity contribution in [2.75, 3.05) is 6.54 Å². The number of nitrogens with one attached hydrogen (secondary N) is 2. The van der Waals surface area contributed by atoms with E-state index in [9.17, 15) is 4.79 Å². The lowest BCUT2D eigenvalue weighted by atomic mass is 9.94. The molecule has 0 aliphatic rings. The van der Waals surface area contributed by atoms with E-state index in [4.69, 9.17) is 5.73 Å². The van der Waals surface area contributed by atoms with Crippen LogP contribution in [-0.4, -0.2) is 28.2 Å². The summed E-state index contributed by atoms with van der Waals surface area (Å²) >= 11 is 0. The maximum atomic E-state index is 11.8. The van der Waals surface area contributed by atoms with Crippen LogP contribution in [0.1, 0.15) is 42.7 Å². The predicted octanol–water partition coefficient (Wildman–Crippen LogP) is 1.39. The molecule has 0 unspecified atom stereocenters. The molecule has 1 heterocycles. The number of aryl methyl sites for hydroxylation is 1. The molecule has 0 atom stereocenters. The number of aromatic nitrogens is 2. The molecule has 1 rings (SSSR count). The third-order valence-corrected chi connectivity index (χ3v) is 3.08. The van der Waals surface area contributed by atoms with Crippen molar-refractivity contribution in [1.29, 1.82) is 0 Å². The van der Waals surface area contributed by atoms with E-state index in [1.807, 2.05) is 20.8 Å². The van der Waals surface area contributed by atoms with Crippen LogP contribution in [0.2, 0.25) is 0 Å². The minimum atomic E-state index is -0.312. The highest BCUT2D eigenvalue weighted by Gasteiger charge is 2.21. The van der Waals surface area contributed by atoms with E-state index in [0.717, 1.165) is 18.5 Å². The average Bonchev–Trinajstić information content (AvgIpc) is 2.72. The fourth-order valence-electron chi connectivity index (χ4n) is 1.43. The second-order valence-electron chi connectivity index (χ2n) is 4.16. The van der Waals surface area contributed by atoms with Crippen molar-refractivity contribution in [3.63, 3.8) is 0 Å². The first-order valence-corrected chi connectivity index (χ1v) is 5.59. The van der Waals surface area contributed by atoms with Crippen LogP contribution in [0.25, 0.3) is 0 Å². The molecule has 5 nitrogen and oxygen atoms in total. The number of H-pyrrole nitrogens is 1. The lowest BCUT2D eigenvalue weighted by Gasteiger charge is -2.26. The summed E-state index contributed by atoms with van der Waals surface area (Å²) in [5.41, 5.74) is 7.14. The molecule has 6 heteroatoms. The van der Waals surface area contributed by atoms with Gasteiger partial charge in [-0.05, 0) is 19.8 Å². The molecule has 1 aromatic heterocycles. The third-order valence-electron chi connectivity index (χ3n) is 3.08. The molecule has 1 amide bonds. The minimum absolute atomic E-state index is 0. The number of nitrogens with zero attached hydrogens (tertiary/aromatic N) is 1. The van der Waals surface area contributed by atoms with Crippen LogP contribution in [0.15, 0.2) is 6.20 Å². The van der Waals surface area contributed by atoms with Gasteiger partial charge >= 0.3 is 0 Å². The summed E-state index contributed by atoms with van der Waals surface area (Å²) in [5.74, 6) is -0.122. The van der Waals surface area contributed by atoms with Crippen molar-refractivity contribution in [2.45, 2.75) is 39.2 Å². The van der Waals surface area contributed by atoms with Gasteiger partial charge in [0.25, 0.3) is 5.91 Å². The number of nitrogens with two attached hydrogens (primary N) is 1. The zero-order valence-electron chi connectivity index (χ0n) is 10.5. The van der Waals surface area contributed by atoms with Crippen molar-refractivity contribution in [1.82, 2.24) is 15.5 Å². The normalized spacial score (nSPS) is 10.8. The van der Waals surface area contributed by atoms with E-state index in [2.05, 4.69) is 15.5 Å². The highest BCUT2D eigenvalue weighted by atomic mass is 35.5. The van der Waals surface area contributed by atoms with Gasteiger partial charge in [-0.2, -0.15) is 5.10 Å². The van der Waals surface area contributed by atoms with Gasteiger partial charge in [0.15, 0.2) is 0 Å². The summed E-state index contributed by atoms with van der Waals surface area (Å²) in [4.78, 5) is 11.8. The van der Waals surface area contributed by atoms with Crippen LogP contribution in [0.5, 0.6) is 0 Å². The Labute approximate surface area is 108 Å². The van der Waals surface area contributed by atoms with Gasteiger partial charge in [-0.15, -0.1) is 12.4 Å². The van der Waals surface area contributed by atoms with E-state index in [1.165, 1.54) is 6.20 Å². The van der Waals surface area contributed by atoms with Gasteiger partial charge in [-0.1, -0.05) is 13.8 Å². The molecular formula is C11H21ClN4O. The maximum absolute atomic E-state index is 11.8. The number of amides is 1. The number of rotatable bonds is 5. The molecule has 0 aliphatic carbocycles. The third kappa shape index (κ3) is 4.02. The predicted molar refractivity (Wildman–Crippen MR) is 70.4 cm³/mol. The molecule has 0 bridgehead atoms. The van der Waals surface area contributed by atoms with Crippen LogP contribution in [0.4, 0.5) is 0 Å². The van der Waals surface area contributed by atoms with Crippen LogP contribution in [-0.2, 0) is 0 Å². The quantitative estimate of drug-likeness (QED) is 0.748. The van der Waals surface area contributed by atoms with Crippen LogP contribution < -0.4 is 11.1 Å². The number of carbonyl (C=O) groups is 1. The van der Waals surface area contributed by atoms with E-state index >= 15 is 0 Å². The monoisotopic (exact) mass is 260 g/mol. The largest absolute Gasteiger partial charge is 0.350 e. The minimum Gasteiger partial charge on any atom is -0.350 e. The number of hydrogen-bond acceptors (Lipinski definition) is 3. The van der Waals surface area contributed by atoms with Gasteiger partial charge < -0.3 is 11.1 Å². The van der Waals surface area contributed by atoms with Crippen LogP contribution in [0, 0.1) is 6.92 Å². The molecule has 0 radical (unpaired) electrons. The lowest BCUT2D eigenvalue weighted by Crippen LogP contribution is -2.49. The summed E-state index contributed by atoms with van der Waals surface area (Å²) in [6.07, 6.45) is 3.21. The van der Waals surface area contributed by atoms with Gasteiger partial charge in [0.2, 0.25) is 0 Å². The molecule has 0 aromatic carbocycles. The number of halogens is 1. The second-order valence-corrected chi connectivity index (χ2v) is 4.16. The summed E-state index contributed by atoms with van der Waals surface area (Å²) in [6.45, 7) is 6.36. The Morgan fingerprint density at radius 2 is 2.12 bits per heavy atom. The van der Waals surface area contributed by atoms with Crippen molar-refractivity contribution in [3.05, 3.63) is 17.5 Å². The fraction of sp³-hybridized carbons (Fsp3) is 0.636. The standard InChI is InChI=1S/C11H20N4O.ClH/c1-4-11(12,5-2)7-13-10(16)9-6-14-15-8(9)3;/h6H,4-5,7,12H2,1-3H3,(H,13,16)(H,14,15);1H. The number of carbonyl (C=O) groups excluding carboxylic acids is 1. The van der Waals surface area contributed by atoms with Crippen molar-refractivity contribution in [2.24, 2.45) is 5.73 Å². The van der Waals surface area contributed by atoms with Crippen molar-refractivity contribution >= 4 is 18.3 Å². The topological polar surface area (TPSA) is 83.8 Å². The summed E-state index contributed by atoms with van der Waals surface area (Å²) in [6, 6.07) is 0. The van der Waals surface area contributed by atoms with E-state index in [0.29, 0.717) is 12.1 Å². The first kappa shape index (κ1) is 15.9. The zero-order valence-corrected chi connectivity index (χ0v) is 11.4. The van der Waals surface area contributed by atoms with Gasteiger partial charge in [0, 0.05) is 17.8 Å². The summed E-state index contributed by atoms with van der Waals surface area (Å²) < 4.78 is 0. The van der Waals surface area contributed by atoms with Gasteiger partial charge in [-0.25, -0.2) is 0 Å². The van der Waals surface area contributed by atoms with E-state index in [1.54, 1.807) is 0 Å². The Morgan fingerprint density at radius 3 is 2.53 bits per heavy atom. The molecule has 0 aliphatic heterocycles.